The first-order chi connectivity index (χ1) is 14.5. The highest BCUT2D eigenvalue weighted by molar-refractivity contribution is 7.18. The van der Waals surface area contributed by atoms with E-state index in [0.717, 1.165) is 22.5 Å². The SMILES string of the molecule is CCOC(=O)c1sc(NC(=O)c2csc(-c3cnn(C)c3)n2)nc1-c1ccccc1. The minimum absolute atomic E-state index is 0.253. The molecule has 0 spiro atoms. The third-order valence-electron chi connectivity index (χ3n) is 4.04. The Morgan fingerprint density at radius 2 is 1.97 bits per heavy atom. The first-order valence-electron chi connectivity index (χ1n) is 9.04. The molecule has 1 aromatic carbocycles. The van der Waals surface area contributed by atoms with Crippen LogP contribution in [0.25, 0.3) is 21.8 Å². The van der Waals surface area contributed by atoms with Gasteiger partial charge in [-0.1, -0.05) is 41.7 Å². The number of thiazole rings is 2. The number of nitrogens with zero attached hydrogens (tertiary/aromatic N) is 4. The monoisotopic (exact) mass is 439 g/mol. The van der Waals surface area contributed by atoms with Crippen LogP contribution in [-0.2, 0) is 11.8 Å². The van der Waals surface area contributed by atoms with E-state index in [1.807, 2.05) is 43.6 Å². The molecule has 4 rings (SSSR count). The van der Waals surface area contributed by atoms with Crippen LogP contribution in [0.3, 0.4) is 0 Å². The van der Waals surface area contributed by atoms with E-state index < -0.39 is 11.9 Å². The number of amides is 1. The van der Waals surface area contributed by atoms with Crippen molar-refractivity contribution < 1.29 is 14.3 Å². The number of hydrogen-bond acceptors (Lipinski definition) is 8. The quantitative estimate of drug-likeness (QED) is 0.454. The molecule has 0 aliphatic heterocycles. The number of ether oxygens (including phenoxy) is 1. The summed E-state index contributed by atoms with van der Waals surface area (Å²) >= 11 is 2.43. The highest BCUT2D eigenvalue weighted by Crippen LogP contribution is 2.32. The molecule has 0 bridgehead atoms. The lowest BCUT2D eigenvalue weighted by molar-refractivity contribution is 0.0532. The molecular formula is C20H17N5O3S2. The van der Waals surface area contributed by atoms with Crippen molar-refractivity contribution >= 4 is 39.7 Å². The zero-order valence-electron chi connectivity index (χ0n) is 16.2. The minimum atomic E-state index is -0.470. The van der Waals surface area contributed by atoms with E-state index in [0.29, 0.717) is 20.7 Å². The van der Waals surface area contributed by atoms with Gasteiger partial charge in [0.25, 0.3) is 5.91 Å². The number of nitrogens with one attached hydrogen (secondary N) is 1. The fourth-order valence-electron chi connectivity index (χ4n) is 2.70. The van der Waals surface area contributed by atoms with Gasteiger partial charge in [-0.15, -0.1) is 11.3 Å². The molecule has 0 unspecified atom stereocenters. The number of anilines is 1. The molecule has 1 amide bonds. The zero-order chi connectivity index (χ0) is 21.1. The van der Waals surface area contributed by atoms with Gasteiger partial charge in [0, 0.05) is 29.8 Å². The number of carbonyl (C=O) groups excluding carboxylic acids is 2. The highest BCUT2D eigenvalue weighted by Gasteiger charge is 2.22. The van der Waals surface area contributed by atoms with E-state index in [2.05, 4.69) is 20.4 Å². The van der Waals surface area contributed by atoms with Crippen LogP contribution in [0, 0.1) is 0 Å². The molecule has 0 saturated heterocycles. The van der Waals surface area contributed by atoms with Crippen molar-refractivity contribution in [2.24, 2.45) is 7.05 Å². The molecule has 3 aromatic heterocycles. The molecule has 0 aliphatic carbocycles. The molecule has 3 heterocycles. The predicted octanol–water partition coefficient (Wildman–Crippen LogP) is 4.10. The Morgan fingerprint density at radius 3 is 2.67 bits per heavy atom. The van der Waals surface area contributed by atoms with E-state index >= 15 is 0 Å². The van der Waals surface area contributed by atoms with Crippen molar-refractivity contribution in [3.8, 4) is 21.8 Å². The lowest BCUT2D eigenvalue weighted by Crippen LogP contribution is -2.12. The van der Waals surface area contributed by atoms with Crippen molar-refractivity contribution in [1.82, 2.24) is 19.7 Å². The molecule has 152 valence electrons. The summed E-state index contributed by atoms with van der Waals surface area (Å²) in [5.74, 6) is -0.868. The van der Waals surface area contributed by atoms with Gasteiger partial charge in [0.1, 0.15) is 15.6 Å². The normalized spacial score (nSPS) is 10.7. The van der Waals surface area contributed by atoms with Gasteiger partial charge < -0.3 is 4.74 Å². The molecular weight excluding hydrogens is 422 g/mol. The molecule has 8 nitrogen and oxygen atoms in total. The van der Waals surface area contributed by atoms with Crippen molar-refractivity contribution in [3.63, 3.8) is 0 Å². The van der Waals surface area contributed by atoms with Gasteiger partial charge >= 0.3 is 5.97 Å². The van der Waals surface area contributed by atoms with Gasteiger partial charge in [-0.2, -0.15) is 5.10 Å². The van der Waals surface area contributed by atoms with Gasteiger partial charge in [0.05, 0.1) is 18.5 Å². The average molecular weight is 440 g/mol. The molecule has 0 fully saturated rings. The standard InChI is InChI=1S/C20H17N5O3S2/c1-3-28-19(27)16-15(12-7-5-4-6-8-12)23-20(30-16)24-17(26)14-11-29-18(22-14)13-9-21-25(2)10-13/h4-11H,3H2,1-2H3,(H,23,24,26). The van der Waals surface area contributed by atoms with Crippen molar-refractivity contribution in [2.45, 2.75) is 6.92 Å². The third kappa shape index (κ3) is 4.14. The third-order valence-corrected chi connectivity index (χ3v) is 5.89. The van der Waals surface area contributed by atoms with Gasteiger partial charge in [-0.25, -0.2) is 14.8 Å². The van der Waals surface area contributed by atoms with Crippen LogP contribution in [0.15, 0.2) is 48.1 Å². The smallest absolute Gasteiger partial charge is 0.350 e. The van der Waals surface area contributed by atoms with Crippen molar-refractivity contribution in [3.05, 3.63) is 58.7 Å². The summed E-state index contributed by atoms with van der Waals surface area (Å²) in [6, 6.07) is 9.30. The first-order valence-corrected chi connectivity index (χ1v) is 10.7. The lowest BCUT2D eigenvalue weighted by atomic mass is 10.1. The molecule has 0 aliphatic rings. The van der Waals surface area contributed by atoms with Crippen LogP contribution in [0.4, 0.5) is 5.13 Å². The van der Waals surface area contributed by atoms with Crippen LogP contribution < -0.4 is 5.32 Å². The molecule has 1 N–H and O–H groups in total. The maximum atomic E-state index is 12.7. The molecule has 30 heavy (non-hydrogen) atoms. The van der Waals surface area contributed by atoms with Crippen LogP contribution >= 0.6 is 22.7 Å². The van der Waals surface area contributed by atoms with E-state index in [1.54, 1.807) is 23.2 Å². The molecule has 0 atom stereocenters. The topological polar surface area (TPSA) is 99.0 Å². The predicted molar refractivity (Wildman–Crippen MR) is 116 cm³/mol. The summed E-state index contributed by atoms with van der Waals surface area (Å²) in [6.45, 7) is 1.99. The summed E-state index contributed by atoms with van der Waals surface area (Å²) < 4.78 is 6.82. The fourth-order valence-corrected chi connectivity index (χ4v) is 4.36. The van der Waals surface area contributed by atoms with E-state index in [4.69, 9.17) is 4.74 Å². The molecule has 0 saturated carbocycles. The van der Waals surface area contributed by atoms with Crippen LogP contribution in [-0.4, -0.2) is 38.2 Å². The summed E-state index contributed by atoms with van der Waals surface area (Å²) in [7, 11) is 1.82. The van der Waals surface area contributed by atoms with Gasteiger partial charge in [-0.3, -0.25) is 14.8 Å². The number of rotatable bonds is 6. The summed E-state index contributed by atoms with van der Waals surface area (Å²) in [5.41, 5.74) is 2.35. The Morgan fingerprint density at radius 1 is 1.17 bits per heavy atom. The van der Waals surface area contributed by atoms with E-state index in [-0.39, 0.29) is 12.3 Å². The number of benzene rings is 1. The maximum Gasteiger partial charge on any atom is 0.350 e. The number of esters is 1. The Bertz CT molecular complexity index is 1200. The second kappa shape index (κ2) is 8.56. The Kier molecular flexibility index (Phi) is 5.68. The lowest BCUT2D eigenvalue weighted by Gasteiger charge is -2.01. The molecule has 4 aromatic rings. The Hall–Kier alpha value is -3.37. The number of hydrogen-bond donors (Lipinski definition) is 1. The van der Waals surface area contributed by atoms with Crippen LogP contribution in [0.2, 0.25) is 0 Å². The van der Waals surface area contributed by atoms with Crippen LogP contribution in [0.5, 0.6) is 0 Å². The van der Waals surface area contributed by atoms with Gasteiger partial charge in [0.2, 0.25) is 0 Å². The van der Waals surface area contributed by atoms with Gasteiger partial charge in [0.15, 0.2) is 5.13 Å². The van der Waals surface area contributed by atoms with Gasteiger partial charge in [-0.05, 0) is 6.92 Å². The second-order valence-corrected chi connectivity index (χ2v) is 8.04. The molecule has 10 heteroatoms. The highest BCUT2D eigenvalue weighted by atomic mass is 32.1. The summed E-state index contributed by atoms with van der Waals surface area (Å²) in [4.78, 5) is 34.3. The van der Waals surface area contributed by atoms with Crippen molar-refractivity contribution in [2.75, 3.05) is 11.9 Å². The average Bonchev–Trinajstić information content (AvgIpc) is 3.48. The second-order valence-electron chi connectivity index (χ2n) is 6.18. The minimum Gasteiger partial charge on any atom is -0.462 e. The Balaban J connectivity index is 1.59. The summed E-state index contributed by atoms with van der Waals surface area (Å²) in [6.07, 6.45) is 3.53. The van der Waals surface area contributed by atoms with Crippen molar-refractivity contribution in [1.29, 1.82) is 0 Å². The zero-order valence-corrected chi connectivity index (χ0v) is 17.8. The van der Waals surface area contributed by atoms with E-state index in [1.165, 1.54) is 11.3 Å². The largest absolute Gasteiger partial charge is 0.462 e. The summed E-state index contributed by atoms with van der Waals surface area (Å²) in [5, 5.41) is 9.54. The number of aromatic nitrogens is 4. The first kappa shape index (κ1) is 19.9. The Labute approximate surface area is 180 Å². The fraction of sp³-hybridized carbons (Fsp3) is 0.150. The maximum absolute atomic E-state index is 12.7. The van der Waals surface area contributed by atoms with Crippen LogP contribution in [0.1, 0.15) is 27.1 Å². The number of carbonyl (C=O) groups is 2. The molecule has 0 radical (unpaired) electrons. The number of aryl methyl sites for hydroxylation is 1. The van der Waals surface area contributed by atoms with E-state index in [9.17, 15) is 9.59 Å².